The average molecular weight is 397 g/mol. The molecule has 0 spiro atoms. The van der Waals surface area contributed by atoms with Crippen LogP contribution in [-0.4, -0.2) is 37.0 Å². The highest BCUT2D eigenvalue weighted by Gasteiger charge is 2.19. The smallest absolute Gasteiger partial charge is 0.277 e. The van der Waals surface area contributed by atoms with E-state index in [0.717, 1.165) is 30.8 Å². The average Bonchev–Trinajstić information content (AvgIpc) is 3.06. The zero-order chi connectivity index (χ0) is 21.0. The highest BCUT2D eigenvalue weighted by atomic mass is 16.5. The number of carbonyl (C=O) groups is 1. The van der Waals surface area contributed by atoms with Gasteiger partial charge >= 0.3 is 0 Å². The first-order valence-corrected chi connectivity index (χ1v) is 10.1. The van der Waals surface area contributed by atoms with Gasteiger partial charge in [-0.25, -0.2) is 14.5 Å². The van der Waals surface area contributed by atoms with Crippen LogP contribution in [0.1, 0.15) is 68.8 Å². The van der Waals surface area contributed by atoms with E-state index in [2.05, 4.69) is 27.0 Å². The number of ether oxygens (including phenoxy) is 1. The van der Waals surface area contributed by atoms with Gasteiger partial charge < -0.3 is 9.72 Å². The molecule has 0 bridgehead atoms. The summed E-state index contributed by atoms with van der Waals surface area (Å²) in [6.07, 6.45) is 5.58. The van der Waals surface area contributed by atoms with Gasteiger partial charge in [0.05, 0.1) is 17.9 Å². The molecule has 0 aromatic carbocycles. The predicted molar refractivity (Wildman–Crippen MR) is 111 cm³/mol. The summed E-state index contributed by atoms with van der Waals surface area (Å²) in [5.74, 6) is 1.25. The molecule has 1 N–H and O–H groups in total. The Morgan fingerprint density at radius 2 is 2.03 bits per heavy atom. The number of rotatable bonds is 9. The summed E-state index contributed by atoms with van der Waals surface area (Å²) < 4.78 is 7.42. The molecule has 0 saturated heterocycles. The van der Waals surface area contributed by atoms with Crippen molar-refractivity contribution in [3.05, 3.63) is 39.7 Å². The van der Waals surface area contributed by atoms with Gasteiger partial charge in [0.25, 0.3) is 5.56 Å². The van der Waals surface area contributed by atoms with Crippen LogP contribution in [0, 0.1) is 0 Å². The molecule has 3 aromatic rings. The van der Waals surface area contributed by atoms with E-state index in [-0.39, 0.29) is 11.3 Å². The van der Waals surface area contributed by atoms with E-state index in [1.165, 1.54) is 13.1 Å². The number of carbonyl (C=O) groups excluding carboxylic acids is 1. The molecule has 0 aliphatic heterocycles. The lowest BCUT2D eigenvalue weighted by atomic mass is 10.1. The first-order chi connectivity index (χ1) is 14.0. The number of aryl methyl sites for hydroxylation is 2. The molecule has 3 rings (SSSR count). The van der Waals surface area contributed by atoms with Gasteiger partial charge in [0.1, 0.15) is 5.82 Å². The SMILES string of the molecule is CCCCOc1ncc(C(C)=O)cc1-c1nn2c(CC)nc(CCC)c2c(=O)[nH]1. The van der Waals surface area contributed by atoms with E-state index in [1.54, 1.807) is 10.6 Å². The minimum Gasteiger partial charge on any atom is -0.477 e. The van der Waals surface area contributed by atoms with Crippen molar-refractivity contribution >= 4 is 11.3 Å². The van der Waals surface area contributed by atoms with Crippen LogP contribution in [0.25, 0.3) is 16.9 Å². The number of aromatic nitrogens is 5. The van der Waals surface area contributed by atoms with E-state index in [4.69, 9.17) is 4.74 Å². The number of fused-ring (bicyclic) bond motifs is 1. The molecular weight excluding hydrogens is 370 g/mol. The van der Waals surface area contributed by atoms with Crippen molar-refractivity contribution < 1.29 is 9.53 Å². The number of pyridine rings is 1. The molecule has 8 heteroatoms. The van der Waals surface area contributed by atoms with Crippen molar-refractivity contribution in [1.29, 1.82) is 0 Å². The summed E-state index contributed by atoms with van der Waals surface area (Å²) in [4.78, 5) is 36.5. The molecule has 154 valence electrons. The first-order valence-electron chi connectivity index (χ1n) is 10.1. The second-order valence-electron chi connectivity index (χ2n) is 6.98. The molecule has 0 aliphatic carbocycles. The molecule has 0 amide bonds. The molecule has 0 aliphatic rings. The molecule has 0 saturated carbocycles. The fourth-order valence-corrected chi connectivity index (χ4v) is 3.14. The summed E-state index contributed by atoms with van der Waals surface area (Å²) in [5.41, 5.74) is 1.87. The van der Waals surface area contributed by atoms with Crippen molar-refractivity contribution in [2.75, 3.05) is 6.61 Å². The van der Waals surface area contributed by atoms with Gasteiger partial charge in [-0.05, 0) is 25.8 Å². The highest BCUT2D eigenvalue weighted by Crippen LogP contribution is 2.27. The van der Waals surface area contributed by atoms with Crippen molar-refractivity contribution in [3.8, 4) is 17.3 Å². The topological polar surface area (TPSA) is 102 Å². The number of hydrogen-bond acceptors (Lipinski definition) is 6. The number of hydrogen-bond donors (Lipinski definition) is 1. The second kappa shape index (κ2) is 8.98. The Morgan fingerprint density at radius 1 is 1.24 bits per heavy atom. The van der Waals surface area contributed by atoms with Crippen molar-refractivity contribution in [2.24, 2.45) is 0 Å². The predicted octanol–water partition coefficient (Wildman–Crippen LogP) is 3.38. The number of aromatic amines is 1. The number of H-pyrrole nitrogens is 1. The van der Waals surface area contributed by atoms with Crippen LogP contribution in [0.3, 0.4) is 0 Å². The molecule has 0 fully saturated rings. The molecule has 8 nitrogen and oxygen atoms in total. The zero-order valence-corrected chi connectivity index (χ0v) is 17.4. The summed E-state index contributed by atoms with van der Waals surface area (Å²) in [6, 6.07) is 1.66. The standard InChI is InChI=1S/C21H27N5O3/c1-5-8-10-29-21-15(11-14(12-22-21)13(4)27)19-24-20(28)18-16(9-6-2)23-17(7-3)26(18)25-19/h11-12H,5-10H2,1-4H3,(H,24,25,28). The lowest BCUT2D eigenvalue weighted by Crippen LogP contribution is -2.16. The quantitative estimate of drug-likeness (QED) is 0.439. The molecule has 3 heterocycles. The number of unbranched alkanes of at least 4 members (excludes halogenated alkanes) is 1. The normalized spacial score (nSPS) is 11.2. The van der Waals surface area contributed by atoms with Crippen molar-refractivity contribution in [1.82, 2.24) is 24.6 Å². The maximum absolute atomic E-state index is 12.9. The molecule has 3 aromatic heterocycles. The third-order valence-corrected chi connectivity index (χ3v) is 4.69. The number of ketones is 1. The summed E-state index contributed by atoms with van der Waals surface area (Å²) in [5, 5.41) is 4.64. The van der Waals surface area contributed by atoms with E-state index in [9.17, 15) is 9.59 Å². The maximum atomic E-state index is 12.9. The lowest BCUT2D eigenvalue weighted by Gasteiger charge is -2.11. The maximum Gasteiger partial charge on any atom is 0.277 e. The third-order valence-electron chi connectivity index (χ3n) is 4.69. The molecule has 29 heavy (non-hydrogen) atoms. The molecule has 0 unspecified atom stereocenters. The monoisotopic (exact) mass is 397 g/mol. The van der Waals surface area contributed by atoms with Gasteiger partial charge in [-0.1, -0.05) is 33.6 Å². The van der Waals surface area contributed by atoms with Crippen LogP contribution < -0.4 is 10.3 Å². The minimum absolute atomic E-state index is 0.121. The Morgan fingerprint density at radius 3 is 2.69 bits per heavy atom. The second-order valence-corrected chi connectivity index (χ2v) is 6.98. The van der Waals surface area contributed by atoms with Crippen LogP contribution in [0.5, 0.6) is 5.88 Å². The van der Waals surface area contributed by atoms with Crippen LogP contribution in [-0.2, 0) is 12.8 Å². The van der Waals surface area contributed by atoms with Gasteiger partial charge in [-0.2, -0.15) is 0 Å². The van der Waals surface area contributed by atoms with Gasteiger partial charge in [-0.3, -0.25) is 9.59 Å². The number of nitrogens with zero attached hydrogens (tertiary/aromatic N) is 4. The Bertz CT molecular complexity index is 1080. The Balaban J connectivity index is 2.19. The molecule has 0 atom stereocenters. The van der Waals surface area contributed by atoms with E-state index < -0.39 is 0 Å². The Kier molecular flexibility index (Phi) is 6.41. The molecular formula is C21H27N5O3. The zero-order valence-electron chi connectivity index (χ0n) is 17.4. The van der Waals surface area contributed by atoms with Gasteiger partial charge in [-0.15, -0.1) is 5.10 Å². The largest absolute Gasteiger partial charge is 0.477 e. The van der Waals surface area contributed by atoms with E-state index in [0.29, 0.717) is 47.8 Å². The summed E-state index contributed by atoms with van der Waals surface area (Å²) >= 11 is 0. The minimum atomic E-state index is -0.265. The Labute approximate surface area is 169 Å². The van der Waals surface area contributed by atoms with E-state index in [1.807, 2.05) is 13.8 Å². The van der Waals surface area contributed by atoms with Crippen LogP contribution >= 0.6 is 0 Å². The summed E-state index contributed by atoms with van der Waals surface area (Å²) in [6.45, 7) is 8.06. The molecule has 0 radical (unpaired) electrons. The Hall–Kier alpha value is -3.03. The summed E-state index contributed by atoms with van der Waals surface area (Å²) in [7, 11) is 0. The fourth-order valence-electron chi connectivity index (χ4n) is 3.14. The third kappa shape index (κ3) is 4.21. The highest BCUT2D eigenvalue weighted by molar-refractivity contribution is 5.95. The van der Waals surface area contributed by atoms with Crippen molar-refractivity contribution in [3.63, 3.8) is 0 Å². The van der Waals surface area contributed by atoms with Crippen LogP contribution in [0.2, 0.25) is 0 Å². The fraction of sp³-hybridized carbons (Fsp3) is 0.476. The van der Waals surface area contributed by atoms with E-state index >= 15 is 0 Å². The number of nitrogens with one attached hydrogen (secondary N) is 1. The van der Waals surface area contributed by atoms with Crippen LogP contribution in [0.15, 0.2) is 17.1 Å². The van der Waals surface area contributed by atoms with Gasteiger partial charge in [0.15, 0.2) is 17.1 Å². The van der Waals surface area contributed by atoms with Crippen molar-refractivity contribution in [2.45, 2.75) is 59.8 Å². The van der Waals surface area contributed by atoms with Crippen LogP contribution in [0.4, 0.5) is 0 Å². The van der Waals surface area contributed by atoms with Gasteiger partial charge in [0, 0.05) is 18.2 Å². The van der Waals surface area contributed by atoms with Gasteiger partial charge in [0.2, 0.25) is 5.88 Å². The first kappa shape index (κ1) is 20.7. The number of imidazole rings is 1. The number of Topliss-reactive ketones (excluding diaryl/α,β-unsaturated/α-hetero) is 1. The lowest BCUT2D eigenvalue weighted by molar-refractivity contribution is 0.101.